The van der Waals surface area contributed by atoms with E-state index >= 15 is 0 Å². The summed E-state index contributed by atoms with van der Waals surface area (Å²) in [5.41, 5.74) is 0.450. The Balaban J connectivity index is 2.66. The third kappa shape index (κ3) is 5.13. The number of amides is 3. The van der Waals surface area contributed by atoms with Crippen molar-refractivity contribution in [1.82, 2.24) is 16.0 Å². The summed E-state index contributed by atoms with van der Waals surface area (Å²) < 4.78 is 0. The predicted molar refractivity (Wildman–Crippen MR) is 76.6 cm³/mol. The molecule has 1 aromatic rings. The lowest BCUT2D eigenvalue weighted by Gasteiger charge is -2.18. The normalized spacial score (nSPS) is 12.9. The number of nitrogens with one attached hydrogen (secondary N) is 3. The first-order valence-electron chi connectivity index (χ1n) is 6.58. The Morgan fingerprint density at radius 2 is 1.76 bits per heavy atom. The van der Waals surface area contributed by atoms with Gasteiger partial charge in [0.2, 0.25) is 5.91 Å². The fourth-order valence-corrected chi connectivity index (χ4v) is 1.70. The molecule has 0 aliphatic carbocycles. The SMILES string of the molecule is CCNC(=O)C(C)NC(=O)NC(C(=O)O)c1ccccc1. The lowest BCUT2D eigenvalue weighted by atomic mass is 10.1. The van der Waals surface area contributed by atoms with Gasteiger partial charge in [-0.15, -0.1) is 0 Å². The van der Waals surface area contributed by atoms with E-state index in [1.54, 1.807) is 37.3 Å². The first-order chi connectivity index (χ1) is 9.95. The van der Waals surface area contributed by atoms with Gasteiger partial charge in [0, 0.05) is 6.54 Å². The molecule has 4 N–H and O–H groups in total. The standard InChI is InChI=1S/C14H19N3O4/c1-3-15-12(18)9(2)16-14(21)17-11(13(19)20)10-7-5-4-6-8-10/h4-9,11H,3H2,1-2H3,(H,15,18)(H,19,20)(H2,16,17,21). The van der Waals surface area contributed by atoms with Gasteiger partial charge in [-0.3, -0.25) is 4.79 Å². The van der Waals surface area contributed by atoms with Gasteiger partial charge in [-0.05, 0) is 19.4 Å². The maximum atomic E-state index is 11.8. The number of hydrogen-bond acceptors (Lipinski definition) is 3. The average Bonchev–Trinajstić information content (AvgIpc) is 2.45. The molecule has 1 rings (SSSR count). The Morgan fingerprint density at radius 1 is 1.14 bits per heavy atom. The van der Waals surface area contributed by atoms with Crippen molar-refractivity contribution in [1.29, 1.82) is 0 Å². The lowest BCUT2D eigenvalue weighted by Crippen LogP contribution is -2.50. The number of urea groups is 1. The molecule has 0 aromatic heterocycles. The van der Waals surface area contributed by atoms with Gasteiger partial charge in [0.15, 0.2) is 6.04 Å². The molecule has 0 saturated carbocycles. The molecular formula is C14H19N3O4. The van der Waals surface area contributed by atoms with E-state index in [9.17, 15) is 19.5 Å². The van der Waals surface area contributed by atoms with Crippen LogP contribution in [-0.4, -0.2) is 35.6 Å². The van der Waals surface area contributed by atoms with Crippen LogP contribution in [0.2, 0.25) is 0 Å². The first-order valence-corrected chi connectivity index (χ1v) is 6.58. The van der Waals surface area contributed by atoms with E-state index in [0.717, 1.165) is 0 Å². The largest absolute Gasteiger partial charge is 0.479 e. The molecule has 0 spiro atoms. The number of hydrogen-bond donors (Lipinski definition) is 4. The van der Waals surface area contributed by atoms with Crippen molar-refractivity contribution in [3.05, 3.63) is 35.9 Å². The molecular weight excluding hydrogens is 274 g/mol. The highest BCUT2D eigenvalue weighted by atomic mass is 16.4. The monoisotopic (exact) mass is 293 g/mol. The molecule has 0 aliphatic rings. The van der Waals surface area contributed by atoms with Crippen LogP contribution in [0.25, 0.3) is 0 Å². The van der Waals surface area contributed by atoms with Crippen LogP contribution in [0.1, 0.15) is 25.5 Å². The number of carboxylic acids is 1. The van der Waals surface area contributed by atoms with Gasteiger partial charge in [0.1, 0.15) is 6.04 Å². The van der Waals surface area contributed by atoms with Crippen molar-refractivity contribution in [3.63, 3.8) is 0 Å². The molecule has 21 heavy (non-hydrogen) atoms. The van der Waals surface area contributed by atoms with Crippen molar-refractivity contribution in [2.24, 2.45) is 0 Å². The highest BCUT2D eigenvalue weighted by Crippen LogP contribution is 2.12. The van der Waals surface area contributed by atoms with E-state index in [2.05, 4.69) is 16.0 Å². The second-order valence-electron chi connectivity index (χ2n) is 4.42. The van der Waals surface area contributed by atoms with Crippen LogP contribution in [0.3, 0.4) is 0 Å². The van der Waals surface area contributed by atoms with Gasteiger partial charge in [0.25, 0.3) is 0 Å². The van der Waals surface area contributed by atoms with E-state index in [1.165, 1.54) is 6.92 Å². The Hall–Kier alpha value is -2.57. The van der Waals surface area contributed by atoms with Gasteiger partial charge in [0.05, 0.1) is 0 Å². The van der Waals surface area contributed by atoms with E-state index in [1.807, 2.05) is 0 Å². The van der Waals surface area contributed by atoms with E-state index in [-0.39, 0.29) is 5.91 Å². The third-order valence-electron chi connectivity index (χ3n) is 2.75. The summed E-state index contributed by atoms with van der Waals surface area (Å²) in [6, 6.07) is 5.68. The minimum Gasteiger partial charge on any atom is -0.479 e. The molecule has 2 atom stereocenters. The Labute approximate surface area is 122 Å². The van der Waals surface area contributed by atoms with Crippen LogP contribution in [0.4, 0.5) is 4.79 Å². The van der Waals surface area contributed by atoms with E-state index < -0.39 is 24.1 Å². The fourth-order valence-electron chi connectivity index (χ4n) is 1.70. The number of rotatable bonds is 6. The minimum absolute atomic E-state index is 0.334. The number of carbonyl (C=O) groups is 3. The van der Waals surface area contributed by atoms with Gasteiger partial charge in [-0.1, -0.05) is 30.3 Å². The summed E-state index contributed by atoms with van der Waals surface area (Å²) in [5.74, 6) is -1.51. The van der Waals surface area contributed by atoms with Crippen LogP contribution >= 0.6 is 0 Å². The Bertz CT molecular complexity index is 504. The molecule has 0 heterocycles. The third-order valence-corrected chi connectivity index (χ3v) is 2.75. The van der Waals surface area contributed by atoms with Crippen LogP contribution in [0.5, 0.6) is 0 Å². The van der Waals surface area contributed by atoms with E-state index in [0.29, 0.717) is 12.1 Å². The number of carbonyl (C=O) groups excluding carboxylic acids is 2. The number of carboxylic acid groups (broad SMARTS) is 1. The molecule has 7 heteroatoms. The average molecular weight is 293 g/mol. The van der Waals surface area contributed by atoms with Crippen LogP contribution in [-0.2, 0) is 9.59 Å². The van der Waals surface area contributed by atoms with Crippen molar-refractivity contribution in [2.75, 3.05) is 6.54 Å². The molecule has 3 amide bonds. The zero-order valence-corrected chi connectivity index (χ0v) is 11.9. The van der Waals surface area contributed by atoms with Crippen LogP contribution in [0.15, 0.2) is 30.3 Å². The fraction of sp³-hybridized carbons (Fsp3) is 0.357. The minimum atomic E-state index is -1.18. The summed E-state index contributed by atoms with van der Waals surface area (Å²) in [6.45, 7) is 3.73. The zero-order valence-electron chi connectivity index (χ0n) is 11.9. The summed E-state index contributed by atoms with van der Waals surface area (Å²) in [5, 5.41) is 16.5. The topological polar surface area (TPSA) is 108 Å². The zero-order chi connectivity index (χ0) is 15.8. The molecule has 0 bridgehead atoms. The van der Waals surface area contributed by atoms with Gasteiger partial charge in [-0.25, -0.2) is 9.59 Å². The van der Waals surface area contributed by atoms with Crippen molar-refractivity contribution in [3.8, 4) is 0 Å². The highest BCUT2D eigenvalue weighted by Gasteiger charge is 2.23. The first kappa shape index (κ1) is 16.5. The molecule has 0 fully saturated rings. The second kappa shape index (κ2) is 7.88. The number of benzene rings is 1. The van der Waals surface area contributed by atoms with Crippen molar-refractivity contribution in [2.45, 2.75) is 25.9 Å². The smallest absolute Gasteiger partial charge is 0.330 e. The number of aliphatic carboxylic acids is 1. The molecule has 0 saturated heterocycles. The maximum absolute atomic E-state index is 11.8. The highest BCUT2D eigenvalue weighted by molar-refractivity contribution is 5.88. The van der Waals surface area contributed by atoms with E-state index in [4.69, 9.17) is 0 Å². The number of likely N-dealkylation sites (N-methyl/N-ethyl adjacent to an activating group) is 1. The summed E-state index contributed by atoms with van der Waals surface area (Å²) in [6.07, 6.45) is 0. The molecule has 0 aliphatic heterocycles. The maximum Gasteiger partial charge on any atom is 0.330 e. The van der Waals surface area contributed by atoms with Gasteiger partial charge in [-0.2, -0.15) is 0 Å². The van der Waals surface area contributed by atoms with Crippen LogP contribution in [0, 0.1) is 0 Å². The lowest BCUT2D eigenvalue weighted by molar-refractivity contribution is -0.139. The molecule has 0 radical (unpaired) electrons. The Morgan fingerprint density at radius 3 is 2.29 bits per heavy atom. The second-order valence-corrected chi connectivity index (χ2v) is 4.42. The van der Waals surface area contributed by atoms with Gasteiger partial charge >= 0.3 is 12.0 Å². The molecule has 114 valence electrons. The van der Waals surface area contributed by atoms with Crippen molar-refractivity contribution >= 4 is 17.9 Å². The summed E-state index contributed by atoms with van der Waals surface area (Å²) >= 11 is 0. The van der Waals surface area contributed by atoms with Crippen LogP contribution < -0.4 is 16.0 Å². The molecule has 2 unspecified atom stereocenters. The predicted octanol–water partition coefficient (Wildman–Crippen LogP) is 0.636. The summed E-state index contributed by atoms with van der Waals surface area (Å²) in [4.78, 5) is 34.5. The van der Waals surface area contributed by atoms with Gasteiger partial charge < -0.3 is 21.1 Å². The van der Waals surface area contributed by atoms with Crippen molar-refractivity contribution < 1.29 is 19.5 Å². The molecule has 1 aromatic carbocycles. The Kier molecular flexibility index (Phi) is 6.19. The molecule has 7 nitrogen and oxygen atoms in total. The summed E-state index contributed by atoms with van der Waals surface area (Å²) in [7, 11) is 0. The quantitative estimate of drug-likeness (QED) is 0.617.